The van der Waals surface area contributed by atoms with Gasteiger partial charge in [-0.15, -0.1) is 0 Å². The zero-order valence-corrected chi connectivity index (χ0v) is 12.0. The predicted octanol–water partition coefficient (Wildman–Crippen LogP) is 3.35. The first-order valence-corrected chi connectivity index (χ1v) is 7.25. The first-order chi connectivity index (χ1) is 9.85. The summed E-state index contributed by atoms with van der Waals surface area (Å²) in [5, 5.41) is 4.28. The number of pyridine rings is 1. The Hall–Kier alpha value is -2.14. The number of benzene rings is 1. The van der Waals surface area contributed by atoms with Gasteiger partial charge >= 0.3 is 0 Å². The molecule has 0 aliphatic carbocycles. The number of ether oxygens (including phenoxy) is 1. The molecule has 3 rings (SSSR count). The lowest BCUT2D eigenvalue weighted by molar-refractivity contribution is 0.415. The molecule has 4 nitrogen and oxygen atoms in total. The minimum Gasteiger partial charge on any atom is -0.497 e. The van der Waals surface area contributed by atoms with E-state index in [2.05, 4.69) is 15.3 Å². The molecule has 3 aromatic rings. The maximum Gasteiger partial charge on any atom is 0.183 e. The molecule has 1 N–H and O–H groups in total. The second-order valence-corrected chi connectivity index (χ2v) is 5.38. The van der Waals surface area contributed by atoms with Crippen LogP contribution in [0.25, 0.3) is 10.2 Å². The Morgan fingerprint density at radius 1 is 1.25 bits per heavy atom. The molecule has 0 saturated heterocycles. The lowest BCUT2D eigenvalue weighted by Gasteiger charge is -2.01. The molecular formula is C15H15N3OS. The van der Waals surface area contributed by atoms with Crippen molar-refractivity contribution < 1.29 is 4.74 Å². The third kappa shape index (κ3) is 2.88. The second-order valence-electron chi connectivity index (χ2n) is 4.35. The van der Waals surface area contributed by atoms with Crippen LogP contribution in [0.5, 0.6) is 5.75 Å². The fourth-order valence-electron chi connectivity index (χ4n) is 1.95. The normalized spacial score (nSPS) is 10.7. The zero-order valence-electron chi connectivity index (χ0n) is 11.2. The van der Waals surface area contributed by atoms with Crippen LogP contribution < -0.4 is 10.1 Å². The first kappa shape index (κ1) is 12.9. The van der Waals surface area contributed by atoms with Gasteiger partial charge in [0.25, 0.3) is 0 Å². The summed E-state index contributed by atoms with van der Waals surface area (Å²) in [6.07, 6.45) is 2.71. The van der Waals surface area contributed by atoms with Crippen LogP contribution in [0.3, 0.4) is 0 Å². The minimum atomic E-state index is 0.827. The van der Waals surface area contributed by atoms with E-state index in [1.165, 1.54) is 0 Å². The monoisotopic (exact) mass is 285 g/mol. The number of nitrogens with zero attached hydrogens (tertiary/aromatic N) is 2. The van der Waals surface area contributed by atoms with Gasteiger partial charge in [-0.1, -0.05) is 17.4 Å². The smallest absolute Gasteiger partial charge is 0.183 e. The highest BCUT2D eigenvalue weighted by atomic mass is 32.1. The number of nitrogens with one attached hydrogen (secondary N) is 1. The van der Waals surface area contributed by atoms with Crippen LogP contribution in [-0.4, -0.2) is 23.6 Å². The van der Waals surface area contributed by atoms with E-state index in [4.69, 9.17) is 4.74 Å². The number of fused-ring (bicyclic) bond motifs is 1. The predicted molar refractivity (Wildman–Crippen MR) is 82.6 cm³/mol. The van der Waals surface area contributed by atoms with Gasteiger partial charge in [0.05, 0.1) is 17.3 Å². The highest BCUT2D eigenvalue weighted by Gasteiger charge is 2.04. The van der Waals surface area contributed by atoms with Gasteiger partial charge in [-0.25, -0.2) is 4.98 Å². The summed E-state index contributed by atoms with van der Waals surface area (Å²) in [4.78, 5) is 8.85. The van der Waals surface area contributed by atoms with Crippen molar-refractivity contribution in [1.29, 1.82) is 0 Å². The number of aromatic nitrogens is 2. The molecule has 0 fully saturated rings. The van der Waals surface area contributed by atoms with E-state index in [-0.39, 0.29) is 0 Å². The molecule has 20 heavy (non-hydrogen) atoms. The maximum atomic E-state index is 5.22. The van der Waals surface area contributed by atoms with Crippen molar-refractivity contribution in [3.8, 4) is 5.75 Å². The van der Waals surface area contributed by atoms with Crippen LogP contribution in [0, 0.1) is 0 Å². The van der Waals surface area contributed by atoms with Crippen LogP contribution in [-0.2, 0) is 6.42 Å². The van der Waals surface area contributed by atoms with E-state index < -0.39 is 0 Å². The Labute approximate surface area is 121 Å². The number of thiazole rings is 1. The number of hydrogen-bond acceptors (Lipinski definition) is 5. The fourth-order valence-corrected chi connectivity index (χ4v) is 2.87. The Kier molecular flexibility index (Phi) is 3.78. The summed E-state index contributed by atoms with van der Waals surface area (Å²) in [7, 11) is 1.67. The number of anilines is 1. The number of rotatable bonds is 5. The van der Waals surface area contributed by atoms with E-state index in [1.807, 2.05) is 42.6 Å². The molecular weight excluding hydrogens is 270 g/mol. The van der Waals surface area contributed by atoms with E-state index in [0.717, 1.165) is 39.8 Å². The van der Waals surface area contributed by atoms with Gasteiger partial charge in [0.15, 0.2) is 5.13 Å². The lowest BCUT2D eigenvalue weighted by Crippen LogP contribution is -2.05. The summed E-state index contributed by atoms with van der Waals surface area (Å²) in [5.41, 5.74) is 2.08. The van der Waals surface area contributed by atoms with Crippen LogP contribution in [0.4, 0.5) is 5.13 Å². The summed E-state index contributed by atoms with van der Waals surface area (Å²) in [5.74, 6) is 0.862. The van der Waals surface area contributed by atoms with Gasteiger partial charge < -0.3 is 10.1 Å². The average molecular weight is 285 g/mol. The number of methoxy groups -OCH3 is 1. The van der Waals surface area contributed by atoms with Crippen LogP contribution >= 0.6 is 11.3 Å². The maximum absolute atomic E-state index is 5.22. The van der Waals surface area contributed by atoms with E-state index in [0.29, 0.717) is 0 Å². The van der Waals surface area contributed by atoms with Gasteiger partial charge in [-0.05, 0) is 30.3 Å². The summed E-state index contributed by atoms with van der Waals surface area (Å²) in [6.45, 7) is 0.827. The fraction of sp³-hybridized carbons (Fsp3) is 0.200. The van der Waals surface area contributed by atoms with E-state index in [1.54, 1.807) is 18.4 Å². The Morgan fingerprint density at radius 2 is 2.20 bits per heavy atom. The van der Waals surface area contributed by atoms with Crippen molar-refractivity contribution in [2.75, 3.05) is 19.0 Å². The third-order valence-corrected chi connectivity index (χ3v) is 3.95. The van der Waals surface area contributed by atoms with Crippen LogP contribution in [0.2, 0.25) is 0 Å². The first-order valence-electron chi connectivity index (χ1n) is 6.43. The van der Waals surface area contributed by atoms with Crippen molar-refractivity contribution in [3.63, 3.8) is 0 Å². The van der Waals surface area contributed by atoms with Gasteiger partial charge in [-0.3, -0.25) is 4.98 Å². The molecule has 0 unspecified atom stereocenters. The quantitative estimate of drug-likeness (QED) is 0.781. The Morgan fingerprint density at radius 3 is 3.00 bits per heavy atom. The van der Waals surface area contributed by atoms with Gasteiger partial charge in [0.2, 0.25) is 0 Å². The zero-order chi connectivity index (χ0) is 13.8. The highest BCUT2D eigenvalue weighted by molar-refractivity contribution is 7.22. The number of hydrogen-bond donors (Lipinski definition) is 1. The molecule has 102 valence electrons. The van der Waals surface area contributed by atoms with Crippen molar-refractivity contribution in [1.82, 2.24) is 9.97 Å². The third-order valence-electron chi connectivity index (χ3n) is 2.98. The summed E-state index contributed by atoms with van der Waals surface area (Å²) >= 11 is 1.64. The molecule has 2 aromatic heterocycles. The van der Waals surface area contributed by atoms with Crippen molar-refractivity contribution in [2.45, 2.75) is 6.42 Å². The van der Waals surface area contributed by atoms with Crippen molar-refractivity contribution in [3.05, 3.63) is 48.3 Å². The van der Waals surface area contributed by atoms with Crippen molar-refractivity contribution in [2.24, 2.45) is 0 Å². The van der Waals surface area contributed by atoms with E-state index >= 15 is 0 Å². The van der Waals surface area contributed by atoms with Crippen LogP contribution in [0.15, 0.2) is 42.6 Å². The van der Waals surface area contributed by atoms with Gasteiger partial charge in [-0.2, -0.15) is 0 Å². The summed E-state index contributed by atoms with van der Waals surface area (Å²) < 4.78 is 6.35. The Bertz CT molecular complexity index is 697. The van der Waals surface area contributed by atoms with Gasteiger partial charge in [0.1, 0.15) is 5.75 Å². The van der Waals surface area contributed by atoms with Crippen molar-refractivity contribution >= 4 is 26.7 Å². The lowest BCUT2D eigenvalue weighted by atomic mass is 10.3. The van der Waals surface area contributed by atoms with E-state index in [9.17, 15) is 0 Å². The Balaban J connectivity index is 1.66. The average Bonchev–Trinajstić information content (AvgIpc) is 2.90. The molecule has 2 heterocycles. The molecule has 0 amide bonds. The molecule has 0 aliphatic rings. The minimum absolute atomic E-state index is 0.827. The molecule has 0 atom stereocenters. The largest absolute Gasteiger partial charge is 0.497 e. The highest BCUT2D eigenvalue weighted by Crippen LogP contribution is 2.28. The molecule has 0 saturated carbocycles. The SMILES string of the molecule is COc1ccc2nc(NCCc3ccccn3)sc2c1. The standard InChI is InChI=1S/C15H15N3OS/c1-19-12-5-6-13-14(10-12)20-15(18-13)17-9-7-11-4-2-3-8-16-11/h2-6,8,10H,7,9H2,1H3,(H,17,18). The molecule has 1 aromatic carbocycles. The molecule has 0 bridgehead atoms. The molecule has 0 aliphatic heterocycles. The molecule has 0 radical (unpaired) electrons. The topological polar surface area (TPSA) is 47.0 Å². The van der Waals surface area contributed by atoms with Gasteiger partial charge in [0, 0.05) is 24.9 Å². The summed E-state index contributed by atoms with van der Waals surface area (Å²) in [6, 6.07) is 11.9. The molecule has 0 spiro atoms. The molecule has 5 heteroatoms. The second kappa shape index (κ2) is 5.88. The van der Waals surface area contributed by atoms with Crippen LogP contribution in [0.1, 0.15) is 5.69 Å².